The molecule has 6 nitrogen and oxygen atoms in total. The van der Waals surface area contributed by atoms with Crippen LogP contribution in [0.4, 0.5) is 11.5 Å². The Morgan fingerprint density at radius 1 is 1.08 bits per heavy atom. The number of benzene rings is 1. The lowest BCUT2D eigenvalue weighted by atomic mass is 10.2. The number of rotatable bonds is 4. The van der Waals surface area contributed by atoms with E-state index < -0.39 is 10.0 Å². The summed E-state index contributed by atoms with van der Waals surface area (Å²) in [5, 5.41) is 0.724. The minimum atomic E-state index is -3.71. The summed E-state index contributed by atoms with van der Waals surface area (Å²) < 4.78 is 30.6. The van der Waals surface area contributed by atoms with E-state index in [2.05, 4.69) is 14.6 Å². The Bertz CT molecular complexity index is 1050. The number of anilines is 2. The highest BCUT2D eigenvalue weighted by atomic mass is 32.2. The van der Waals surface area contributed by atoms with Crippen molar-refractivity contribution in [3.8, 4) is 0 Å². The molecule has 1 aliphatic heterocycles. The highest BCUT2D eigenvalue weighted by molar-refractivity contribution is 7.93. The third kappa shape index (κ3) is 2.82. The lowest BCUT2D eigenvalue weighted by molar-refractivity contribution is 0.601. The highest BCUT2D eigenvalue weighted by Gasteiger charge is 2.24. The molecule has 7 heteroatoms. The number of fused-ring (bicyclic) bond motifs is 1. The molecule has 4 rings (SSSR count). The Hall–Kier alpha value is -2.54. The van der Waals surface area contributed by atoms with Gasteiger partial charge in [-0.2, -0.15) is 0 Å². The zero-order valence-electron chi connectivity index (χ0n) is 14.9. The number of sulfonamides is 1. The topological polar surface area (TPSA) is 67.2 Å². The first kappa shape index (κ1) is 16.9. The summed E-state index contributed by atoms with van der Waals surface area (Å²) in [4.78, 5) is 6.96. The maximum Gasteiger partial charge on any atom is 0.264 e. The third-order valence-electron chi connectivity index (χ3n) is 5.04. The molecule has 0 radical (unpaired) electrons. The van der Waals surface area contributed by atoms with Crippen LogP contribution in [0.3, 0.4) is 0 Å². The molecule has 1 N–H and O–H groups in total. The Morgan fingerprint density at radius 2 is 1.81 bits per heavy atom. The molecule has 0 amide bonds. The van der Waals surface area contributed by atoms with Gasteiger partial charge in [-0.15, -0.1) is 0 Å². The number of nitrogens with zero attached hydrogens (tertiary/aromatic N) is 3. The van der Waals surface area contributed by atoms with Crippen molar-refractivity contribution < 1.29 is 8.42 Å². The SMILES string of the molecule is Cc1c(S(=O)(=O)Nc2ccc(N3CCCC3)nc2)c2ccccc2n1C. The minimum absolute atomic E-state index is 0.319. The van der Waals surface area contributed by atoms with Crippen molar-refractivity contribution in [1.82, 2.24) is 9.55 Å². The second-order valence-electron chi connectivity index (χ2n) is 6.70. The summed E-state index contributed by atoms with van der Waals surface area (Å²) in [6.45, 7) is 3.84. The molecule has 3 aromatic rings. The third-order valence-corrected chi connectivity index (χ3v) is 6.60. The molecule has 0 saturated carbocycles. The predicted molar refractivity (Wildman–Crippen MR) is 104 cm³/mol. The van der Waals surface area contributed by atoms with Gasteiger partial charge in [0.2, 0.25) is 0 Å². The molecule has 3 heterocycles. The molecule has 1 aliphatic rings. The second kappa shape index (κ2) is 6.32. The van der Waals surface area contributed by atoms with Gasteiger partial charge >= 0.3 is 0 Å². The molecule has 0 aliphatic carbocycles. The summed E-state index contributed by atoms with van der Waals surface area (Å²) >= 11 is 0. The minimum Gasteiger partial charge on any atom is -0.357 e. The van der Waals surface area contributed by atoms with E-state index in [1.54, 1.807) is 12.3 Å². The molecule has 136 valence electrons. The molecule has 1 saturated heterocycles. The quantitative estimate of drug-likeness (QED) is 0.765. The number of hydrogen-bond donors (Lipinski definition) is 1. The van der Waals surface area contributed by atoms with E-state index in [-0.39, 0.29) is 0 Å². The summed E-state index contributed by atoms with van der Waals surface area (Å²) in [5.41, 5.74) is 2.08. The van der Waals surface area contributed by atoms with E-state index in [1.165, 1.54) is 12.8 Å². The van der Waals surface area contributed by atoms with Crippen molar-refractivity contribution in [2.45, 2.75) is 24.7 Å². The van der Waals surface area contributed by atoms with Crippen LogP contribution in [0, 0.1) is 6.92 Å². The van der Waals surface area contributed by atoms with Gasteiger partial charge in [-0.25, -0.2) is 13.4 Å². The average Bonchev–Trinajstić information content (AvgIpc) is 3.24. The monoisotopic (exact) mass is 370 g/mol. The summed E-state index contributed by atoms with van der Waals surface area (Å²) in [6, 6.07) is 11.2. The van der Waals surface area contributed by atoms with Crippen molar-refractivity contribution in [1.29, 1.82) is 0 Å². The number of para-hydroxylation sites is 1. The number of aryl methyl sites for hydroxylation is 1. The van der Waals surface area contributed by atoms with Crippen LogP contribution in [0.5, 0.6) is 0 Å². The van der Waals surface area contributed by atoms with E-state index in [0.717, 1.165) is 29.8 Å². The summed E-state index contributed by atoms with van der Waals surface area (Å²) in [5.74, 6) is 0.895. The number of hydrogen-bond acceptors (Lipinski definition) is 4. The first-order valence-corrected chi connectivity index (χ1v) is 10.2. The van der Waals surface area contributed by atoms with Crippen LogP contribution in [0.15, 0.2) is 47.5 Å². The van der Waals surface area contributed by atoms with Crippen LogP contribution in [-0.4, -0.2) is 31.1 Å². The summed E-state index contributed by atoms with van der Waals surface area (Å²) in [7, 11) is -1.83. The smallest absolute Gasteiger partial charge is 0.264 e. The van der Waals surface area contributed by atoms with Crippen molar-refractivity contribution in [3.05, 3.63) is 48.3 Å². The fraction of sp³-hybridized carbons (Fsp3) is 0.316. The van der Waals surface area contributed by atoms with Gasteiger partial charge in [-0.1, -0.05) is 18.2 Å². The first-order valence-electron chi connectivity index (χ1n) is 8.75. The first-order chi connectivity index (χ1) is 12.5. The molecule has 1 aromatic carbocycles. The molecule has 26 heavy (non-hydrogen) atoms. The van der Waals surface area contributed by atoms with Crippen molar-refractivity contribution in [2.75, 3.05) is 22.7 Å². The van der Waals surface area contributed by atoms with Crippen LogP contribution < -0.4 is 9.62 Å². The molecule has 0 unspecified atom stereocenters. The molecule has 0 bridgehead atoms. The van der Waals surface area contributed by atoms with Crippen molar-refractivity contribution in [3.63, 3.8) is 0 Å². The van der Waals surface area contributed by atoms with E-state index in [9.17, 15) is 8.42 Å². The highest BCUT2D eigenvalue weighted by Crippen LogP contribution is 2.30. The van der Waals surface area contributed by atoms with Gasteiger partial charge < -0.3 is 9.47 Å². The van der Waals surface area contributed by atoms with Crippen LogP contribution >= 0.6 is 0 Å². The Morgan fingerprint density at radius 3 is 2.50 bits per heavy atom. The van der Waals surface area contributed by atoms with E-state index >= 15 is 0 Å². The van der Waals surface area contributed by atoms with E-state index in [0.29, 0.717) is 16.3 Å². The molecule has 0 atom stereocenters. The standard InChI is InChI=1S/C19H22N4O2S/c1-14-19(16-7-3-4-8-17(16)22(14)2)26(24,25)21-15-9-10-18(20-13-15)23-11-5-6-12-23/h3-4,7-10,13,21H,5-6,11-12H2,1-2H3. The normalized spacial score (nSPS) is 14.9. The van der Waals surface area contributed by atoms with Crippen molar-refractivity contribution in [2.24, 2.45) is 7.05 Å². The Labute approximate surface area is 153 Å². The zero-order valence-corrected chi connectivity index (χ0v) is 15.8. The fourth-order valence-electron chi connectivity index (χ4n) is 3.61. The fourth-order valence-corrected chi connectivity index (χ4v) is 5.13. The van der Waals surface area contributed by atoms with E-state index in [1.807, 2.05) is 48.9 Å². The molecule has 0 spiro atoms. The molecule has 2 aromatic heterocycles. The Balaban J connectivity index is 1.67. The van der Waals surface area contributed by atoms with Gasteiger partial charge in [-0.05, 0) is 38.0 Å². The van der Waals surface area contributed by atoms with Gasteiger partial charge in [0.15, 0.2) is 0 Å². The van der Waals surface area contributed by atoms with Gasteiger partial charge in [0.25, 0.3) is 10.0 Å². The van der Waals surface area contributed by atoms with Crippen molar-refractivity contribution >= 4 is 32.4 Å². The maximum atomic E-state index is 13.0. The number of pyridine rings is 1. The van der Waals surface area contributed by atoms with Crippen LogP contribution in [-0.2, 0) is 17.1 Å². The zero-order chi connectivity index (χ0) is 18.3. The van der Waals surface area contributed by atoms with Crippen LogP contribution in [0.1, 0.15) is 18.5 Å². The largest absolute Gasteiger partial charge is 0.357 e. The van der Waals surface area contributed by atoms with Crippen LogP contribution in [0.25, 0.3) is 10.9 Å². The van der Waals surface area contributed by atoms with Gasteiger partial charge in [0.1, 0.15) is 10.7 Å². The Kier molecular flexibility index (Phi) is 4.11. The van der Waals surface area contributed by atoms with Gasteiger partial charge in [0, 0.05) is 36.7 Å². The van der Waals surface area contributed by atoms with E-state index in [4.69, 9.17) is 0 Å². The summed E-state index contributed by atoms with van der Waals surface area (Å²) in [6.07, 6.45) is 3.94. The average molecular weight is 370 g/mol. The van der Waals surface area contributed by atoms with Gasteiger partial charge in [0.05, 0.1) is 11.9 Å². The molecular formula is C19H22N4O2S. The number of aromatic nitrogens is 2. The molecule has 1 fully saturated rings. The van der Waals surface area contributed by atoms with Crippen LogP contribution in [0.2, 0.25) is 0 Å². The van der Waals surface area contributed by atoms with Gasteiger partial charge in [-0.3, -0.25) is 4.72 Å². The number of nitrogens with one attached hydrogen (secondary N) is 1. The predicted octanol–water partition coefficient (Wildman–Crippen LogP) is 3.28. The molecular weight excluding hydrogens is 348 g/mol. The second-order valence-corrected chi connectivity index (χ2v) is 8.31. The maximum absolute atomic E-state index is 13.0. The lowest BCUT2D eigenvalue weighted by Gasteiger charge is -2.16. The lowest BCUT2D eigenvalue weighted by Crippen LogP contribution is -2.19.